The standard InChI is InChI=1S/C20H19FN4O3/c1-24(2)20(27)13-4-9-18(28-3)17(12-13)22-19(26)16-10-11-25(23-16)15-7-5-14(21)6-8-15/h4-12H,1-3H3,(H,22,26). The van der Waals surface area contributed by atoms with Gasteiger partial charge in [0.15, 0.2) is 5.69 Å². The Morgan fingerprint density at radius 3 is 2.46 bits per heavy atom. The molecule has 1 heterocycles. The van der Waals surface area contributed by atoms with E-state index >= 15 is 0 Å². The van der Waals surface area contributed by atoms with Crippen LogP contribution in [0.4, 0.5) is 10.1 Å². The normalized spacial score (nSPS) is 10.4. The molecule has 2 aromatic carbocycles. The highest BCUT2D eigenvalue weighted by Crippen LogP contribution is 2.26. The van der Waals surface area contributed by atoms with Gasteiger partial charge in [-0.2, -0.15) is 5.10 Å². The van der Waals surface area contributed by atoms with E-state index in [2.05, 4.69) is 10.4 Å². The molecular formula is C20H19FN4O3. The summed E-state index contributed by atoms with van der Waals surface area (Å²) in [6.45, 7) is 0. The fourth-order valence-electron chi connectivity index (χ4n) is 2.57. The molecule has 1 aromatic heterocycles. The third-order valence-electron chi connectivity index (χ3n) is 4.01. The van der Waals surface area contributed by atoms with Crippen molar-refractivity contribution in [2.75, 3.05) is 26.5 Å². The van der Waals surface area contributed by atoms with Crippen LogP contribution in [0.25, 0.3) is 5.69 Å². The number of methoxy groups -OCH3 is 1. The molecule has 0 saturated heterocycles. The lowest BCUT2D eigenvalue weighted by atomic mass is 10.1. The molecule has 7 nitrogen and oxygen atoms in total. The number of carbonyl (C=O) groups is 2. The number of halogens is 1. The van der Waals surface area contributed by atoms with Crippen LogP contribution in [0.15, 0.2) is 54.7 Å². The van der Waals surface area contributed by atoms with Gasteiger partial charge in [0.2, 0.25) is 0 Å². The molecule has 0 unspecified atom stereocenters. The number of carbonyl (C=O) groups excluding carboxylic acids is 2. The minimum Gasteiger partial charge on any atom is -0.495 e. The molecule has 0 fully saturated rings. The highest BCUT2D eigenvalue weighted by molar-refractivity contribution is 6.04. The Morgan fingerprint density at radius 2 is 1.82 bits per heavy atom. The van der Waals surface area contributed by atoms with Crippen molar-refractivity contribution < 1.29 is 18.7 Å². The lowest BCUT2D eigenvalue weighted by molar-refractivity contribution is 0.0827. The lowest BCUT2D eigenvalue weighted by Gasteiger charge is -2.14. The van der Waals surface area contributed by atoms with Gasteiger partial charge in [-0.05, 0) is 48.5 Å². The third kappa shape index (κ3) is 4.01. The Labute approximate surface area is 161 Å². The van der Waals surface area contributed by atoms with Gasteiger partial charge in [-0.3, -0.25) is 9.59 Å². The Bertz CT molecular complexity index is 1010. The smallest absolute Gasteiger partial charge is 0.276 e. The van der Waals surface area contributed by atoms with E-state index in [9.17, 15) is 14.0 Å². The van der Waals surface area contributed by atoms with Crippen molar-refractivity contribution in [1.29, 1.82) is 0 Å². The van der Waals surface area contributed by atoms with Crippen molar-refractivity contribution in [2.45, 2.75) is 0 Å². The number of nitrogens with zero attached hydrogens (tertiary/aromatic N) is 3. The summed E-state index contributed by atoms with van der Waals surface area (Å²) in [5, 5.41) is 6.93. The molecule has 0 spiro atoms. The molecule has 0 bridgehead atoms. The molecule has 3 aromatic rings. The first-order chi connectivity index (χ1) is 13.4. The summed E-state index contributed by atoms with van der Waals surface area (Å²) >= 11 is 0. The largest absolute Gasteiger partial charge is 0.495 e. The Kier molecular flexibility index (Phi) is 5.39. The maximum absolute atomic E-state index is 13.1. The molecule has 2 amide bonds. The first-order valence-electron chi connectivity index (χ1n) is 8.41. The fraction of sp³-hybridized carbons (Fsp3) is 0.150. The van der Waals surface area contributed by atoms with Crippen molar-refractivity contribution in [1.82, 2.24) is 14.7 Å². The van der Waals surface area contributed by atoms with Crippen molar-refractivity contribution in [2.24, 2.45) is 0 Å². The molecule has 0 aliphatic carbocycles. The van der Waals surface area contributed by atoms with Gasteiger partial charge in [0.05, 0.1) is 18.5 Å². The second-order valence-electron chi connectivity index (χ2n) is 6.19. The summed E-state index contributed by atoms with van der Waals surface area (Å²) in [5.74, 6) is -0.595. The van der Waals surface area contributed by atoms with Gasteiger partial charge in [0.1, 0.15) is 11.6 Å². The second-order valence-corrected chi connectivity index (χ2v) is 6.19. The monoisotopic (exact) mass is 382 g/mol. The van der Waals surface area contributed by atoms with Crippen LogP contribution in [-0.2, 0) is 0 Å². The van der Waals surface area contributed by atoms with Gasteiger partial charge in [-0.15, -0.1) is 0 Å². The second kappa shape index (κ2) is 7.91. The van der Waals surface area contributed by atoms with E-state index < -0.39 is 5.91 Å². The van der Waals surface area contributed by atoms with E-state index in [1.54, 1.807) is 56.7 Å². The lowest BCUT2D eigenvalue weighted by Crippen LogP contribution is -2.22. The van der Waals surface area contributed by atoms with Crippen LogP contribution in [0.5, 0.6) is 5.75 Å². The van der Waals surface area contributed by atoms with E-state index in [1.807, 2.05) is 0 Å². The Balaban J connectivity index is 1.84. The summed E-state index contributed by atoms with van der Waals surface area (Å²) in [6, 6.07) is 12.1. The molecule has 144 valence electrons. The molecule has 3 rings (SSSR count). The molecule has 0 aliphatic rings. The van der Waals surface area contributed by atoms with Gasteiger partial charge >= 0.3 is 0 Å². The predicted octanol–water partition coefficient (Wildman–Crippen LogP) is 2.97. The number of hydrogen-bond donors (Lipinski definition) is 1. The molecule has 8 heteroatoms. The molecule has 28 heavy (non-hydrogen) atoms. The number of anilines is 1. The van der Waals surface area contributed by atoms with E-state index in [0.29, 0.717) is 22.7 Å². The highest BCUT2D eigenvalue weighted by Gasteiger charge is 2.16. The number of amides is 2. The summed E-state index contributed by atoms with van der Waals surface area (Å²) in [7, 11) is 4.77. The Hall–Kier alpha value is -3.68. The van der Waals surface area contributed by atoms with Crippen LogP contribution in [0, 0.1) is 5.82 Å². The van der Waals surface area contributed by atoms with E-state index in [4.69, 9.17) is 4.74 Å². The average molecular weight is 382 g/mol. The molecule has 0 atom stereocenters. The van der Waals surface area contributed by atoms with Gasteiger partial charge in [-0.25, -0.2) is 9.07 Å². The first-order valence-corrected chi connectivity index (χ1v) is 8.41. The van der Waals surface area contributed by atoms with Gasteiger partial charge in [0, 0.05) is 25.9 Å². The third-order valence-corrected chi connectivity index (χ3v) is 4.01. The van der Waals surface area contributed by atoms with E-state index in [1.165, 1.54) is 28.8 Å². The first kappa shape index (κ1) is 19.1. The predicted molar refractivity (Wildman–Crippen MR) is 102 cm³/mol. The van der Waals surface area contributed by atoms with E-state index in [0.717, 1.165) is 0 Å². The SMILES string of the molecule is COc1ccc(C(=O)N(C)C)cc1NC(=O)c1ccn(-c2ccc(F)cc2)n1. The zero-order valence-corrected chi connectivity index (χ0v) is 15.6. The molecule has 0 aliphatic heterocycles. The average Bonchev–Trinajstić information content (AvgIpc) is 3.18. The van der Waals surface area contributed by atoms with Crippen molar-refractivity contribution in [3.63, 3.8) is 0 Å². The summed E-state index contributed by atoms with van der Waals surface area (Å²) in [6.07, 6.45) is 1.60. The van der Waals surface area contributed by atoms with Gasteiger partial charge in [-0.1, -0.05) is 0 Å². The highest BCUT2D eigenvalue weighted by atomic mass is 19.1. The zero-order chi connectivity index (χ0) is 20.3. The molecule has 0 saturated carbocycles. The number of nitrogens with one attached hydrogen (secondary N) is 1. The minimum atomic E-state index is -0.464. The Morgan fingerprint density at radius 1 is 1.11 bits per heavy atom. The number of benzene rings is 2. The van der Waals surface area contributed by atoms with Crippen LogP contribution >= 0.6 is 0 Å². The summed E-state index contributed by atoms with van der Waals surface area (Å²) in [5.41, 5.74) is 1.56. The van der Waals surface area contributed by atoms with Crippen LogP contribution in [0.1, 0.15) is 20.8 Å². The summed E-state index contributed by atoms with van der Waals surface area (Å²) < 4.78 is 19.8. The van der Waals surface area contributed by atoms with Crippen molar-refractivity contribution in [3.05, 3.63) is 71.8 Å². The van der Waals surface area contributed by atoms with Gasteiger partial charge in [0.25, 0.3) is 11.8 Å². The van der Waals surface area contributed by atoms with Crippen molar-refractivity contribution >= 4 is 17.5 Å². The van der Waals surface area contributed by atoms with Crippen LogP contribution < -0.4 is 10.1 Å². The number of aromatic nitrogens is 2. The van der Waals surface area contributed by atoms with Gasteiger partial charge < -0.3 is 15.0 Å². The maximum Gasteiger partial charge on any atom is 0.276 e. The van der Waals surface area contributed by atoms with Crippen LogP contribution in [0.3, 0.4) is 0 Å². The minimum absolute atomic E-state index is 0.163. The van der Waals surface area contributed by atoms with Crippen LogP contribution in [0.2, 0.25) is 0 Å². The maximum atomic E-state index is 13.1. The quantitative estimate of drug-likeness (QED) is 0.736. The van der Waals surface area contributed by atoms with E-state index in [-0.39, 0.29) is 17.4 Å². The number of hydrogen-bond acceptors (Lipinski definition) is 4. The fourth-order valence-corrected chi connectivity index (χ4v) is 2.57. The van der Waals surface area contributed by atoms with Crippen molar-refractivity contribution in [3.8, 4) is 11.4 Å². The molecular weight excluding hydrogens is 363 g/mol. The van der Waals surface area contributed by atoms with Crippen LogP contribution in [-0.4, -0.2) is 47.7 Å². The number of rotatable bonds is 5. The zero-order valence-electron chi connectivity index (χ0n) is 15.6. The topological polar surface area (TPSA) is 76.5 Å². The number of ether oxygens (including phenoxy) is 1. The summed E-state index contributed by atoms with van der Waals surface area (Å²) in [4.78, 5) is 26.2. The molecule has 0 radical (unpaired) electrons. The molecule has 1 N–H and O–H groups in total.